The number of benzene rings is 1. The Hall–Kier alpha value is -0.430. The Morgan fingerprint density at radius 3 is 2.63 bits per heavy atom. The van der Waals surface area contributed by atoms with Crippen molar-refractivity contribution in [2.24, 2.45) is 0 Å². The number of hydrogen-bond donors (Lipinski definition) is 1. The minimum Gasteiger partial charge on any atom is -0.315 e. The normalized spacial score (nSPS) is 18.2. The smallest absolute Gasteiger partial charge is 0.179 e. The minimum atomic E-state index is -3.17. The van der Waals surface area contributed by atoms with E-state index >= 15 is 0 Å². The van der Waals surface area contributed by atoms with Crippen molar-refractivity contribution >= 4 is 25.8 Å². The Balaban J connectivity index is 1.95. The molecule has 0 spiro atoms. The van der Waals surface area contributed by atoms with Crippen molar-refractivity contribution in [3.63, 3.8) is 0 Å². The van der Waals surface area contributed by atoms with Crippen molar-refractivity contribution in [2.75, 3.05) is 38.5 Å². The van der Waals surface area contributed by atoms with Crippen LogP contribution in [0.15, 0.2) is 33.6 Å². The summed E-state index contributed by atoms with van der Waals surface area (Å²) in [6, 6.07) is 6.85. The average Bonchev–Trinajstić information content (AvgIpc) is 2.65. The predicted octanol–water partition coefficient (Wildman–Crippen LogP) is 1.52. The Bertz CT molecular complexity index is 494. The number of nitrogens with zero attached hydrogens (tertiary/aromatic N) is 1. The monoisotopic (exact) mass is 346 g/mol. The summed E-state index contributed by atoms with van der Waals surface area (Å²) in [5, 5.41) is 3.32. The molecule has 0 amide bonds. The lowest BCUT2D eigenvalue weighted by atomic mass is 10.4. The maximum absolute atomic E-state index is 12.2. The molecule has 1 fully saturated rings. The van der Waals surface area contributed by atoms with Crippen LogP contribution >= 0.6 is 15.9 Å². The van der Waals surface area contributed by atoms with Gasteiger partial charge in [-0.3, -0.25) is 0 Å². The lowest BCUT2D eigenvalue weighted by molar-refractivity contribution is 0.309. The maximum atomic E-state index is 12.2. The van der Waals surface area contributed by atoms with E-state index < -0.39 is 9.84 Å². The molecule has 6 heteroatoms. The van der Waals surface area contributed by atoms with E-state index in [-0.39, 0.29) is 5.75 Å². The van der Waals surface area contributed by atoms with Crippen LogP contribution in [0.5, 0.6) is 0 Å². The van der Waals surface area contributed by atoms with Crippen molar-refractivity contribution in [3.05, 3.63) is 28.7 Å². The van der Waals surface area contributed by atoms with Gasteiger partial charge in [0, 0.05) is 24.1 Å². The molecule has 1 N–H and O–H groups in total. The fourth-order valence-electron chi connectivity index (χ4n) is 2.13. The van der Waals surface area contributed by atoms with Crippen LogP contribution in [0.2, 0.25) is 0 Å². The topological polar surface area (TPSA) is 49.4 Å². The van der Waals surface area contributed by atoms with Crippen molar-refractivity contribution < 1.29 is 8.42 Å². The molecule has 2 rings (SSSR count). The van der Waals surface area contributed by atoms with E-state index in [1.807, 2.05) is 0 Å². The molecule has 0 saturated carbocycles. The molecule has 1 aliphatic rings. The zero-order valence-electron chi connectivity index (χ0n) is 10.8. The summed E-state index contributed by atoms with van der Waals surface area (Å²) >= 11 is 3.31. The molecule has 0 radical (unpaired) electrons. The highest BCUT2D eigenvalue weighted by Gasteiger charge is 2.17. The molecular weight excluding hydrogens is 328 g/mol. The van der Waals surface area contributed by atoms with Crippen molar-refractivity contribution in [1.29, 1.82) is 0 Å². The van der Waals surface area contributed by atoms with Gasteiger partial charge in [0.05, 0.1) is 10.6 Å². The van der Waals surface area contributed by atoms with Crippen LogP contribution in [-0.4, -0.2) is 51.8 Å². The molecule has 1 saturated heterocycles. The number of rotatable bonds is 4. The third-order valence-electron chi connectivity index (χ3n) is 3.28. The van der Waals surface area contributed by atoms with Gasteiger partial charge >= 0.3 is 0 Å². The molecular formula is C13H19BrN2O2S. The van der Waals surface area contributed by atoms with E-state index in [0.29, 0.717) is 11.4 Å². The number of hydrogen-bond acceptors (Lipinski definition) is 4. The standard InChI is InChI=1S/C13H19BrN2O2S/c14-12-2-4-13(5-3-12)19(17,18)11-10-16-8-1-6-15-7-9-16/h2-5,15H,1,6-11H2. The highest BCUT2D eigenvalue weighted by Crippen LogP contribution is 2.16. The van der Waals surface area contributed by atoms with Gasteiger partial charge in [0.1, 0.15) is 0 Å². The van der Waals surface area contributed by atoms with Crippen molar-refractivity contribution in [1.82, 2.24) is 10.2 Å². The molecule has 19 heavy (non-hydrogen) atoms. The second kappa shape index (κ2) is 6.83. The van der Waals surface area contributed by atoms with E-state index in [0.717, 1.165) is 37.1 Å². The van der Waals surface area contributed by atoms with Gasteiger partial charge in [-0.15, -0.1) is 0 Å². The summed E-state index contributed by atoms with van der Waals surface area (Å²) < 4.78 is 25.3. The summed E-state index contributed by atoms with van der Waals surface area (Å²) in [7, 11) is -3.17. The van der Waals surface area contributed by atoms with Crippen LogP contribution in [0.3, 0.4) is 0 Å². The maximum Gasteiger partial charge on any atom is 0.179 e. The molecule has 106 valence electrons. The van der Waals surface area contributed by atoms with Crippen LogP contribution < -0.4 is 5.32 Å². The highest BCUT2D eigenvalue weighted by molar-refractivity contribution is 9.10. The largest absolute Gasteiger partial charge is 0.315 e. The first-order valence-electron chi connectivity index (χ1n) is 6.49. The summed E-state index contributed by atoms with van der Waals surface area (Å²) in [5.41, 5.74) is 0. The zero-order chi connectivity index (χ0) is 13.7. The SMILES string of the molecule is O=S(=O)(CCN1CCCNCC1)c1ccc(Br)cc1. The average molecular weight is 347 g/mol. The van der Waals surface area contributed by atoms with Gasteiger partial charge in [0.25, 0.3) is 0 Å². The fraction of sp³-hybridized carbons (Fsp3) is 0.538. The molecule has 1 aromatic carbocycles. The van der Waals surface area contributed by atoms with Gasteiger partial charge in [-0.05, 0) is 43.8 Å². The minimum absolute atomic E-state index is 0.189. The first-order chi connectivity index (χ1) is 9.08. The van der Waals surface area contributed by atoms with Gasteiger partial charge < -0.3 is 10.2 Å². The predicted molar refractivity (Wildman–Crippen MR) is 80.1 cm³/mol. The van der Waals surface area contributed by atoms with Gasteiger partial charge in [0.2, 0.25) is 0 Å². The van der Waals surface area contributed by atoms with E-state index in [1.54, 1.807) is 24.3 Å². The number of sulfone groups is 1. The number of halogens is 1. The molecule has 0 bridgehead atoms. The Morgan fingerprint density at radius 2 is 1.89 bits per heavy atom. The van der Waals surface area contributed by atoms with Crippen LogP contribution in [-0.2, 0) is 9.84 Å². The second-order valence-corrected chi connectivity index (χ2v) is 7.74. The number of nitrogens with one attached hydrogen (secondary N) is 1. The van der Waals surface area contributed by atoms with E-state index in [2.05, 4.69) is 26.1 Å². The summed E-state index contributed by atoms with van der Waals surface area (Å²) in [5.74, 6) is 0.189. The lowest BCUT2D eigenvalue weighted by Crippen LogP contribution is -2.32. The summed E-state index contributed by atoms with van der Waals surface area (Å²) in [4.78, 5) is 2.62. The van der Waals surface area contributed by atoms with Crippen molar-refractivity contribution in [3.8, 4) is 0 Å². The molecule has 0 aromatic heterocycles. The molecule has 0 aliphatic carbocycles. The van der Waals surface area contributed by atoms with Gasteiger partial charge in [-0.1, -0.05) is 15.9 Å². The van der Waals surface area contributed by atoms with Crippen molar-refractivity contribution in [2.45, 2.75) is 11.3 Å². The quantitative estimate of drug-likeness (QED) is 0.897. The molecule has 1 aliphatic heterocycles. The second-order valence-electron chi connectivity index (χ2n) is 4.72. The van der Waals surface area contributed by atoms with E-state index in [1.165, 1.54) is 0 Å². The van der Waals surface area contributed by atoms with Crippen LogP contribution in [0.25, 0.3) is 0 Å². The van der Waals surface area contributed by atoms with Crippen LogP contribution in [0.1, 0.15) is 6.42 Å². The molecule has 4 nitrogen and oxygen atoms in total. The van der Waals surface area contributed by atoms with Gasteiger partial charge in [-0.25, -0.2) is 8.42 Å². The van der Waals surface area contributed by atoms with E-state index in [4.69, 9.17) is 0 Å². The molecule has 1 aromatic rings. The molecule has 0 atom stereocenters. The first-order valence-corrected chi connectivity index (χ1v) is 8.94. The molecule has 1 heterocycles. The van der Waals surface area contributed by atoms with Gasteiger partial charge in [-0.2, -0.15) is 0 Å². The third kappa shape index (κ3) is 4.56. The third-order valence-corrected chi connectivity index (χ3v) is 5.52. The molecule has 0 unspecified atom stereocenters. The Labute approximate surface area is 123 Å². The van der Waals surface area contributed by atoms with E-state index in [9.17, 15) is 8.42 Å². The lowest BCUT2D eigenvalue weighted by Gasteiger charge is -2.19. The zero-order valence-corrected chi connectivity index (χ0v) is 13.2. The Morgan fingerprint density at radius 1 is 1.16 bits per heavy atom. The highest BCUT2D eigenvalue weighted by atomic mass is 79.9. The van der Waals surface area contributed by atoms with Gasteiger partial charge in [0.15, 0.2) is 9.84 Å². The Kier molecular flexibility index (Phi) is 5.38. The fourth-order valence-corrected chi connectivity index (χ4v) is 3.68. The summed E-state index contributed by atoms with van der Waals surface area (Å²) in [6.45, 7) is 4.48. The van der Waals surface area contributed by atoms with Crippen LogP contribution in [0.4, 0.5) is 0 Å². The van der Waals surface area contributed by atoms with Crippen LogP contribution in [0, 0.1) is 0 Å². The first kappa shape index (κ1) is 15.0. The summed E-state index contributed by atoms with van der Waals surface area (Å²) in [6.07, 6.45) is 1.08.